The lowest BCUT2D eigenvalue weighted by Gasteiger charge is -2.15. The van der Waals surface area contributed by atoms with Crippen LogP contribution in [0.15, 0.2) is 28.8 Å². The van der Waals surface area contributed by atoms with Gasteiger partial charge < -0.3 is 14.0 Å². The Balaban J connectivity index is 2.37. The molecular formula is C17H20N2O5. The fourth-order valence-electron chi connectivity index (χ4n) is 2.19. The zero-order chi connectivity index (χ0) is 17.5. The van der Waals surface area contributed by atoms with Crippen molar-refractivity contribution in [1.29, 1.82) is 0 Å². The van der Waals surface area contributed by atoms with Crippen molar-refractivity contribution in [3.05, 3.63) is 35.7 Å². The lowest BCUT2D eigenvalue weighted by Crippen LogP contribution is -2.26. The van der Waals surface area contributed by atoms with Gasteiger partial charge in [-0.2, -0.15) is 4.98 Å². The highest BCUT2D eigenvalue weighted by Gasteiger charge is 2.31. The monoisotopic (exact) mass is 332 g/mol. The molecule has 0 aliphatic heterocycles. The van der Waals surface area contributed by atoms with E-state index >= 15 is 0 Å². The molecule has 0 unspecified atom stereocenters. The molecule has 1 aromatic carbocycles. The van der Waals surface area contributed by atoms with E-state index in [0.717, 1.165) is 0 Å². The minimum atomic E-state index is -1.14. The Bertz CT molecular complexity index is 693. The average molecular weight is 332 g/mol. The van der Waals surface area contributed by atoms with Crippen molar-refractivity contribution in [1.82, 2.24) is 10.1 Å². The SMILES string of the molecule is CCOC(=O)C(C(=O)OCC)c1cccc(-c2noc(CC)n2)c1. The van der Waals surface area contributed by atoms with Gasteiger partial charge in [0.05, 0.1) is 13.2 Å². The molecule has 0 aliphatic rings. The van der Waals surface area contributed by atoms with Crippen molar-refractivity contribution in [2.75, 3.05) is 13.2 Å². The quantitative estimate of drug-likeness (QED) is 0.568. The summed E-state index contributed by atoms with van der Waals surface area (Å²) in [4.78, 5) is 28.6. The maximum atomic E-state index is 12.2. The molecule has 0 fully saturated rings. The van der Waals surface area contributed by atoms with E-state index in [1.165, 1.54) is 0 Å². The third-order valence-electron chi connectivity index (χ3n) is 3.29. The van der Waals surface area contributed by atoms with Crippen molar-refractivity contribution in [3.8, 4) is 11.4 Å². The summed E-state index contributed by atoms with van der Waals surface area (Å²) in [5, 5.41) is 3.90. The molecule has 7 nitrogen and oxygen atoms in total. The molecule has 128 valence electrons. The third-order valence-corrected chi connectivity index (χ3v) is 3.29. The average Bonchev–Trinajstić information content (AvgIpc) is 3.05. The van der Waals surface area contributed by atoms with Crippen LogP contribution in [0.5, 0.6) is 0 Å². The Labute approximate surface area is 140 Å². The topological polar surface area (TPSA) is 91.5 Å². The number of rotatable bonds is 7. The fraction of sp³-hybridized carbons (Fsp3) is 0.412. The summed E-state index contributed by atoms with van der Waals surface area (Å²) in [5.74, 6) is -1.50. The minimum absolute atomic E-state index is 0.180. The molecule has 7 heteroatoms. The number of hydrogen-bond acceptors (Lipinski definition) is 7. The standard InChI is InChI=1S/C17H20N2O5/c1-4-13-18-15(19-24-13)12-9-7-8-11(10-12)14(16(20)22-5-2)17(21)23-6-3/h7-10,14H,4-6H2,1-3H3. The van der Waals surface area contributed by atoms with Crippen LogP contribution in [0.4, 0.5) is 0 Å². The summed E-state index contributed by atoms with van der Waals surface area (Å²) in [6.07, 6.45) is 0.626. The van der Waals surface area contributed by atoms with Gasteiger partial charge >= 0.3 is 11.9 Å². The van der Waals surface area contributed by atoms with Crippen LogP contribution >= 0.6 is 0 Å². The van der Waals surface area contributed by atoms with Crippen molar-refractivity contribution in [2.24, 2.45) is 0 Å². The van der Waals surface area contributed by atoms with Crippen LogP contribution in [0.3, 0.4) is 0 Å². The Morgan fingerprint density at radius 1 is 1.12 bits per heavy atom. The highest BCUT2D eigenvalue weighted by atomic mass is 16.6. The third kappa shape index (κ3) is 3.98. The number of nitrogens with zero attached hydrogens (tertiary/aromatic N) is 2. The normalized spacial score (nSPS) is 10.7. The highest BCUT2D eigenvalue weighted by molar-refractivity contribution is 6.01. The van der Waals surface area contributed by atoms with Crippen LogP contribution in [0.25, 0.3) is 11.4 Å². The number of benzene rings is 1. The molecule has 1 aromatic heterocycles. The number of aryl methyl sites for hydroxylation is 1. The summed E-state index contributed by atoms with van der Waals surface area (Å²) in [6.45, 7) is 5.63. The van der Waals surface area contributed by atoms with Gasteiger partial charge in [-0.25, -0.2) is 0 Å². The molecule has 0 saturated heterocycles. The first kappa shape index (κ1) is 17.7. The van der Waals surface area contributed by atoms with E-state index in [-0.39, 0.29) is 13.2 Å². The van der Waals surface area contributed by atoms with E-state index in [1.54, 1.807) is 38.1 Å². The van der Waals surface area contributed by atoms with E-state index in [4.69, 9.17) is 14.0 Å². The lowest BCUT2D eigenvalue weighted by atomic mass is 9.97. The summed E-state index contributed by atoms with van der Waals surface area (Å²) in [7, 11) is 0. The van der Waals surface area contributed by atoms with Gasteiger partial charge in [0.25, 0.3) is 0 Å². The van der Waals surface area contributed by atoms with Gasteiger partial charge in [0.2, 0.25) is 11.7 Å². The molecule has 0 amide bonds. The molecular weight excluding hydrogens is 312 g/mol. The summed E-state index contributed by atoms with van der Waals surface area (Å²) >= 11 is 0. The van der Waals surface area contributed by atoms with Crippen molar-refractivity contribution in [3.63, 3.8) is 0 Å². The Morgan fingerprint density at radius 2 is 1.79 bits per heavy atom. The van der Waals surface area contributed by atoms with Crippen LogP contribution in [-0.4, -0.2) is 35.3 Å². The van der Waals surface area contributed by atoms with Crippen LogP contribution < -0.4 is 0 Å². The van der Waals surface area contributed by atoms with Gasteiger partial charge in [0.1, 0.15) is 0 Å². The van der Waals surface area contributed by atoms with Gasteiger partial charge in [0.15, 0.2) is 5.92 Å². The van der Waals surface area contributed by atoms with Crippen LogP contribution in [0.2, 0.25) is 0 Å². The number of ether oxygens (including phenoxy) is 2. The predicted octanol–water partition coefficient (Wildman–Crippen LogP) is 2.51. The van der Waals surface area contributed by atoms with Crippen molar-refractivity contribution in [2.45, 2.75) is 33.1 Å². The van der Waals surface area contributed by atoms with Gasteiger partial charge in [-0.05, 0) is 25.5 Å². The smallest absolute Gasteiger partial charge is 0.324 e. The Hall–Kier alpha value is -2.70. The van der Waals surface area contributed by atoms with Gasteiger partial charge in [-0.15, -0.1) is 0 Å². The van der Waals surface area contributed by atoms with Gasteiger partial charge in [0, 0.05) is 12.0 Å². The van der Waals surface area contributed by atoms with Crippen molar-refractivity contribution < 1.29 is 23.6 Å². The van der Waals surface area contributed by atoms with E-state index in [1.807, 2.05) is 6.92 Å². The maximum Gasteiger partial charge on any atom is 0.324 e. The molecule has 0 bridgehead atoms. The molecule has 0 N–H and O–H groups in total. The largest absolute Gasteiger partial charge is 0.465 e. The van der Waals surface area contributed by atoms with Crippen LogP contribution in [-0.2, 0) is 25.5 Å². The number of esters is 2. The van der Waals surface area contributed by atoms with Gasteiger partial charge in [-0.1, -0.05) is 30.3 Å². The Kier molecular flexibility index (Phi) is 6.06. The van der Waals surface area contributed by atoms with E-state index in [2.05, 4.69) is 10.1 Å². The highest BCUT2D eigenvalue weighted by Crippen LogP contribution is 2.25. The zero-order valence-corrected chi connectivity index (χ0v) is 13.9. The second-order valence-corrected chi connectivity index (χ2v) is 4.93. The number of aromatic nitrogens is 2. The molecule has 0 spiro atoms. The van der Waals surface area contributed by atoms with E-state index in [0.29, 0.717) is 29.3 Å². The summed E-state index contributed by atoms with van der Waals surface area (Å²) in [6, 6.07) is 6.84. The number of hydrogen-bond donors (Lipinski definition) is 0. The molecule has 1 heterocycles. The van der Waals surface area contributed by atoms with E-state index in [9.17, 15) is 9.59 Å². The zero-order valence-electron chi connectivity index (χ0n) is 13.9. The van der Waals surface area contributed by atoms with Crippen LogP contribution in [0, 0.1) is 0 Å². The molecule has 0 aliphatic carbocycles. The maximum absolute atomic E-state index is 12.2. The minimum Gasteiger partial charge on any atom is -0.465 e. The Morgan fingerprint density at radius 3 is 2.33 bits per heavy atom. The molecule has 0 atom stereocenters. The molecule has 2 rings (SSSR count). The van der Waals surface area contributed by atoms with Crippen molar-refractivity contribution >= 4 is 11.9 Å². The fourth-order valence-corrected chi connectivity index (χ4v) is 2.19. The summed E-state index contributed by atoms with van der Waals surface area (Å²) < 4.78 is 15.1. The number of carbonyl (C=O) groups is 2. The summed E-state index contributed by atoms with van der Waals surface area (Å²) in [5.41, 5.74) is 1.11. The molecule has 2 aromatic rings. The van der Waals surface area contributed by atoms with Crippen LogP contribution in [0.1, 0.15) is 38.1 Å². The molecule has 0 radical (unpaired) electrons. The molecule has 24 heavy (non-hydrogen) atoms. The first-order valence-electron chi connectivity index (χ1n) is 7.86. The first-order chi connectivity index (χ1) is 11.6. The number of carbonyl (C=O) groups excluding carboxylic acids is 2. The lowest BCUT2D eigenvalue weighted by molar-refractivity contribution is -0.156. The predicted molar refractivity (Wildman–Crippen MR) is 85.1 cm³/mol. The second-order valence-electron chi connectivity index (χ2n) is 4.93. The van der Waals surface area contributed by atoms with Gasteiger partial charge in [-0.3, -0.25) is 9.59 Å². The first-order valence-corrected chi connectivity index (χ1v) is 7.86. The second kappa shape index (κ2) is 8.24. The molecule has 0 saturated carbocycles. The van der Waals surface area contributed by atoms with E-state index < -0.39 is 17.9 Å².